The highest BCUT2D eigenvalue weighted by molar-refractivity contribution is 7.22. The molecule has 148 valence electrons. The molecule has 1 heterocycles. The van der Waals surface area contributed by atoms with E-state index in [9.17, 15) is 14.4 Å². The molecule has 3 aromatic rings. The van der Waals surface area contributed by atoms with Crippen molar-refractivity contribution in [3.05, 3.63) is 65.7 Å². The van der Waals surface area contributed by atoms with Crippen LogP contribution >= 0.6 is 11.3 Å². The summed E-state index contributed by atoms with van der Waals surface area (Å²) < 4.78 is 6.24. The summed E-state index contributed by atoms with van der Waals surface area (Å²) in [7, 11) is 1.43. The van der Waals surface area contributed by atoms with Gasteiger partial charge in [-0.1, -0.05) is 29.5 Å². The van der Waals surface area contributed by atoms with Gasteiger partial charge in [0.2, 0.25) is 5.91 Å². The van der Waals surface area contributed by atoms with Crippen molar-refractivity contribution < 1.29 is 24.2 Å². The Balaban J connectivity index is 1.63. The number of carbonyl (C=O) groups is 3. The molecule has 0 aliphatic rings. The summed E-state index contributed by atoms with van der Waals surface area (Å²) in [6, 6.07) is 12.6. The van der Waals surface area contributed by atoms with Crippen LogP contribution in [0.25, 0.3) is 10.2 Å². The Labute approximate surface area is 170 Å². The van der Waals surface area contributed by atoms with Crippen molar-refractivity contribution in [2.24, 2.45) is 0 Å². The van der Waals surface area contributed by atoms with Crippen molar-refractivity contribution >= 4 is 44.3 Å². The Morgan fingerprint density at radius 2 is 1.97 bits per heavy atom. The number of para-hydroxylation sites is 1. The molecular formula is C21H18N2O5S. The lowest BCUT2D eigenvalue weighted by molar-refractivity contribution is -0.131. The van der Waals surface area contributed by atoms with E-state index < -0.39 is 11.8 Å². The first-order valence-electron chi connectivity index (χ1n) is 8.74. The number of rotatable bonds is 8. The fourth-order valence-corrected chi connectivity index (χ4v) is 3.58. The van der Waals surface area contributed by atoms with Gasteiger partial charge in [0, 0.05) is 12.5 Å². The highest BCUT2D eigenvalue weighted by atomic mass is 32.1. The Morgan fingerprint density at radius 1 is 1.17 bits per heavy atom. The Bertz CT molecular complexity index is 1070. The number of anilines is 1. The summed E-state index contributed by atoms with van der Waals surface area (Å²) in [5, 5.41) is 12.0. The van der Waals surface area contributed by atoms with E-state index in [2.05, 4.69) is 10.3 Å². The zero-order valence-electron chi connectivity index (χ0n) is 15.5. The molecule has 0 atom stereocenters. The van der Waals surface area contributed by atoms with Gasteiger partial charge >= 0.3 is 5.97 Å². The number of carboxylic acid groups (broad SMARTS) is 1. The molecule has 0 spiro atoms. The number of ether oxygens (including phenoxy) is 1. The van der Waals surface area contributed by atoms with E-state index in [0.29, 0.717) is 17.3 Å². The second kappa shape index (κ2) is 9.11. The molecule has 8 heteroatoms. The lowest BCUT2D eigenvalue weighted by Crippen LogP contribution is -2.12. The number of thiazole rings is 1. The van der Waals surface area contributed by atoms with Crippen LogP contribution < -0.4 is 10.1 Å². The number of aliphatic carboxylic acids is 1. The average Bonchev–Trinajstić information content (AvgIpc) is 3.12. The van der Waals surface area contributed by atoms with E-state index in [1.54, 1.807) is 18.2 Å². The number of benzene rings is 2. The van der Waals surface area contributed by atoms with E-state index in [1.165, 1.54) is 18.4 Å². The molecule has 0 aliphatic carbocycles. The van der Waals surface area contributed by atoms with Gasteiger partial charge < -0.3 is 15.2 Å². The number of aromatic nitrogens is 1. The number of fused-ring (bicyclic) bond motifs is 1. The summed E-state index contributed by atoms with van der Waals surface area (Å²) in [6.45, 7) is 0. The number of hydrogen-bond acceptors (Lipinski definition) is 6. The molecule has 0 fully saturated rings. The molecule has 1 amide bonds. The van der Waals surface area contributed by atoms with E-state index in [1.807, 2.05) is 24.3 Å². The third-order valence-electron chi connectivity index (χ3n) is 4.09. The van der Waals surface area contributed by atoms with Crippen LogP contribution in [0.2, 0.25) is 0 Å². The van der Waals surface area contributed by atoms with Crippen molar-refractivity contribution in [1.82, 2.24) is 4.98 Å². The molecule has 0 aliphatic heterocycles. The van der Waals surface area contributed by atoms with Gasteiger partial charge in [-0.15, -0.1) is 0 Å². The summed E-state index contributed by atoms with van der Waals surface area (Å²) in [5.74, 6) is -1.50. The predicted octanol–water partition coefficient (Wildman–Crippen LogP) is 3.70. The summed E-state index contributed by atoms with van der Waals surface area (Å²) in [4.78, 5) is 39.3. The number of carbonyl (C=O) groups excluding carboxylic acids is 2. The molecule has 1 aromatic heterocycles. The zero-order chi connectivity index (χ0) is 20.8. The summed E-state index contributed by atoms with van der Waals surface area (Å²) in [5.41, 5.74) is 1.92. The minimum atomic E-state index is -1.20. The first-order chi connectivity index (χ1) is 14.0. The first-order valence-corrected chi connectivity index (χ1v) is 9.55. The third kappa shape index (κ3) is 5.26. The number of amides is 1. The van der Waals surface area contributed by atoms with Gasteiger partial charge in [0.15, 0.2) is 10.9 Å². The molecule has 0 saturated carbocycles. The topological polar surface area (TPSA) is 106 Å². The van der Waals surface area contributed by atoms with Crippen LogP contribution in [0.4, 0.5) is 5.13 Å². The highest BCUT2D eigenvalue weighted by Gasteiger charge is 2.12. The van der Waals surface area contributed by atoms with Gasteiger partial charge in [-0.05, 0) is 42.3 Å². The first kappa shape index (κ1) is 20.2. The maximum Gasteiger partial charge on any atom is 0.328 e. The Kier molecular flexibility index (Phi) is 6.36. The average molecular weight is 410 g/mol. The van der Waals surface area contributed by atoms with Crippen LogP contribution in [-0.4, -0.2) is 34.9 Å². The number of nitrogens with one attached hydrogen (secondary N) is 1. The number of nitrogens with zero attached hydrogens (tertiary/aromatic N) is 1. The zero-order valence-corrected chi connectivity index (χ0v) is 16.4. The SMILES string of the molecule is COc1cc(CCC(=O)Nc2nc3ccccc3s2)ccc1C(=O)C=CC(=O)O. The van der Waals surface area contributed by atoms with Crippen molar-refractivity contribution in [3.8, 4) is 5.75 Å². The summed E-state index contributed by atoms with van der Waals surface area (Å²) in [6.07, 6.45) is 2.45. The Hall–Kier alpha value is -3.52. The van der Waals surface area contributed by atoms with E-state index in [0.717, 1.165) is 27.9 Å². The lowest BCUT2D eigenvalue weighted by Gasteiger charge is -2.09. The monoisotopic (exact) mass is 410 g/mol. The molecule has 0 saturated heterocycles. The minimum absolute atomic E-state index is 0.160. The van der Waals surface area contributed by atoms with Gasteiger partial charge in [0.05, 0.1) is 22.9 Å². The van der Waals surface area contributed by atoms with Crippen LogP contribution in [0.5, 0.6) is 5.75 Å². The predicted molar refractivity (Wildman–Crippen MR) is 111 cm³/mol. The number of aryl methyl sites for hydroxylation is 1. The molecule has 29 heavy (non-hydrogen) atoms. The van der Waals surface area contributed by atoms with Gasteiger partial charge in [-0.25, -0.2) is 9.78 Å². The molecule has 2 N–H and O–H groups in total. The molecule has 0 radical (unpaired) electrons. The van der Waals surface area contributed by atoms with E-state index in [4.69, 9.17) is 9.84 Å². The number of methoxy groups -OCH3 is 1. The normalized spacial score (nSPS) is 10.9. The largest absolute Gasteiger partial charge is 0.496 e. The van der Waals surface area contributed by atoms with Crippen molar-refractivity contribution in [3.63, 3.8) is 0 Å². The third-order valence-corrected chi connectivity index (χ3v) is 5.04. The molecule has 0 unspecified atom stereocenters. The molecule has 3 rings (SSSR count). The van der Waals surface area contributed by atoms with Gasteiger partial charge in [-0.2, -0.15) is 0 Å². The van der Waals surface area contributed by atoms with Gasteiger partial charge in [0.1, 0.15) is 5.75 Å². The van der Waals surface area contributed by atoms with Crippen LogP contribution in [0.15, 0.2) is 54.6 Å². The second-order valence-electron chi connectivity index (χ2n) is 6.11. The summed E-state index contributed by atoms with van der Waals surface area (Å²) >= 11 is 1.42. The van der Waals surface area contributed by atoms with Crippen molar-refractivity contribution in [1.29, 1.82) is 0 Å². The lowest BCUT2D eigenvalue weighted by atomic mass is 10.0. The van der Waals surface area contributed by atoms with Gasteiger partial charge in [0.25, 0.3) is 0 Å². The van der Waals surface area contributed by atoms with Crippen LogP contribution in [-0.2, 0) is 16.0 Å². The van der Waals surface area contributed by atoms with Crippen molar-refractivity contribution in [2.45, 2.75) is 12.8 Å². The van der Waals surface area contributed by atoms with Crippen LogP contribution in [0.1, 0.15) is 22.3 Å². The number of hydrogen-bond donors (Lipinski definition) is 2. The maximum absolute atomic E-state index is 12.2. The second-order valence-corrected chi connectivity index (χ2v) is 7.14. The fraction of sp³-hybridized carbons (Fsp3) is 0.143. The number of carboxylic acids is 1. The molecule has 0 bridgehead atoms. The van der Waals surface area contributed by atoms with Crippen LogP contribution in [0.3, 0.4) is 0 Å². The standard InChI is InChI=1S/C21H18N2O5S/c1-28-17-12-13(6-8-14(17)16(24)9-11-20(26)27)7-10-19(25)23-21-22-15-4-2-3-5-18(15)29-21/h2-6,8-9,11-12H,7,10H2,1H3,(H,26,27)(H,22,23,25). The highest BCUT2D eigenvalue weighted by Crippen LogP contribution is 2.26. The minimum Gasteiger partial charge on any atom is -0.496 e. The molecule has 7 nitrogen and oxygen atoms in total. The number of allylic oxidation sites excluding steroid dienone is 1. The quantitative estimate of drug-likeness (QED) is 0.433. The van der Waals surface area contributed by atoms with Crippen LogP contribution in [0, 0.1) is 0 Å². The van der Waals surface area contributed by atoms with Crippen molar-refractivity contribution in [2.75, 3.05) is 12.4 Å². The van der Waals surface area contributed by atoms with E-state index in [-0.39, 0.29) is 17.9 Å². The molecule has 2 aromatic carbocycles. The smallest absolute Gasteiger partial charge is 0.328 e. The number of ketones is 1. The maximum atomic E-state index is 12.2. The fourth-order valence-electron chi connectivity index (χ4n) is 2.70. The van der Waals surface area contributed by atoms with E-state index >= 15 is 0 Å². The Morgan fingerprint density at radius 3 is 2.69 bits per heavy atom. The molecular weight excluding hydrogens is 392 g/mol. The van der Waals surface area contributed by atoms with Gasteiger partial charge in [-0.3, -0.25) is 9.59 Å².